The Hall–Kier alpha value is -1.18. The molecular weight excluding hydrogens is 309 g/mol. The first-order chi connectivity index (χ1) is 9.26. The fourth-order valence-corrected chi connectivity index (χ4v) is 3.53. The SMILES string of the molecule is CCC1CC1NS(=O)(=O)c1cc(F)c(Cl)c(C(=O)O)c1. The topological polar surface area (TPSA) is 83.5 Å². The zero-order valence-corrected chi connectivity index (χ0v) is 12.1. The predicted molar refractivity (Wildman–Crippen MR) is 70.9 cm³/mol. The highest BCUT2D eigenvalue weighted by atomic mass is 35.5. The van der Waals surface area contributed by atoms with Crippen LogP contribution in [0.5, 0.6) is 0 Å². The van der Waals surface area contributed by atoms with Gasteiger partial charge < -0.3 is 5.11 Å². The molecule has 5 nitrogen and oxygen atoms in total. The molecule has 0 spiro atoms. The van der Waals surface area contributed by atoms with Gasteiger partial charge in [0.2, 0.25) is 10.0 Å². The van der Waals surface area contributed by atoms with Crippen molar-refractivity contribution in [3.63, 3.8) is 0 Å². The van der Waals surface area contributed by atoms with Gasteiger partial charge in [-0.25, -0.2) is 22.3 Å². The molecule has 1 aromatic carbocycles. The van der Waals surface area contributed by atoms with Crippen LogP contribution in [0.3, 0.4) is 0 Å². The second-order valence-corrected chi connectivity index (χ2v) is 6.80. The normalized spacial score (nSPS) is 21.8. The summed E-state index contributed by atoms with van der Waals surface area (Å²) in [5.41, 5.74) is -0.574. The van der Waals surface area contributed by atoms with Crippen LogP contribution in [0, 0.1) is 11.7 Å². The van der Waals surface area contributed by atoms with Gasteiger partial charge in [-0.2, -0.15) is 0 Å². The molecule has 1 fully saturated rings. The monoisotopic (exact) mass is 321 g/mol. The van der Waals surface area contributed by atoms with Crippen molar-refractivity contribution in [3.05, 3.63) is 28.5 Å². The number of hydrogen-bond acceptors (Lipinski definition) is 3. The number of carboxylic acid groups (broad SMARTS) is 1. The van der Waals surface area contributed by atoms with E-state index in [1.807, 2.05) is 6.92 Å². The Morgan fingerprint density at radius 3 is 2.70 bits per heavy atom. The molecule has 2 N–H and O–H groups in total. The zero-order chi connectivity index (χ0) is 15.1. The molecule has 0 aromatic heterocycles. The number of halogens is 2. The Morgan fingerprint density at radius 2 is 2.20 bits per heavy atom. The minimum Gasteiger partial charge on any atom is -0.478 e. The van der Waals surface area contributed by atoms with E-state index in [1.165, 1.54) is 0 Å². The van der Waals surface area contributed by atoms with Crippen LogP contribution in [0.1, 0.15) is 30.1 Å². The maximum Gasteiger partial charge on any atom is 0.337 e. The van der Waals surface area contributed by atoms with Gasteiger partial charge in [-0.3, -0.25) is 0 Å². The molecule has 0 aliphatic heterocycles. The quantitative estimate of drug-likeness (QED) is 0.871. The fourth-order valence-electron chi connectivity index (χ4n) is 1.99. The highest BCUT2D eigenvalue weighted by Gasteiger charge is 2.39. The highest BCUT2D eigenvalue weighted by molar-refractivity contribution is 7.89. The molecule has 0 heterocycles. The van der Waals surface area contributed by atoms with Crippen LogP contribution in [-0.2, 0) is 10.0 Å². The molecule has 1 aliphatic carbocycles. The molecule has 20 heavy (non-hydrogen) atoms. The average molecular weight is 322 g/mol. The Bertz CT molecular complexity index is 662. The van der Waals surface area contributed by atoms with Crippen LogP contribution < -0.4 is 4.72 Å². The summed E-state index contributed by atoms with van der Waals surface area (Å²) in [4.78, 5) is 10.5. The lowest BCUT2D eigenvalue weighted by molar-refractivity contribution is 0.0696. The molecule has 1 aromatic rings. The van der Waals surface area contributed by atoms with Gasteiger partial charge in [0.1, 0.15) is 5.82 Å². The van der Waals surface area contributed by atoms with E-state index in [0.29, 0.717) is 0 Å². The largest absolute Gasteiger partial charge is 0.478 e. The van der Waals surface area contributed by atoms with Gasteiger partial charge in [-0.1, -0.05) is 24.9 Å². The van der Waals surface area contributed by atoms with Crippen LogP contribution in [-0.4, -0.2) is 25.5 Å². The van der Waals surface area contributed by atoms with E-state index in [2.05, 4.69) is 4.72 Å². The van der Waals surface area contributed by atoms with Crippen LogP contribution in [0.2, 0.25) is 5.02 Å². The number of aromatic carboxylic acids is 1. The highest BCUT2D eigenvalue weighted by Crippen LogP contribution is 2.34. The zero-order valence-electron chi connectivity index (χ0n) is 10.6. The van der Waals surface area contributed by atoms with E-state index in [9.17, 15) is 17.6 Å². The van der Waals surface area contributed by atoms with Gasteiger partial charge in [0, 0.05) is 6.04 Å². The van der Waals surface area contributed by atoms with Crippen molar-refractivity contribution in [2.24, 2.45) is 5.92 Å². The Balaban J connectivity index is 2.35. The van der Waals surface area contributed by atoms with Crippen molar-refractivity contribution < 1.29 is 22.7 Å². The molecule has 1 saturated carbocycles. The van der Waals surface area contributed by atoms with Crippen molar-refractivity contribution >= 4 is 27.6 Å². The summed E-state index contributed by atoms with van der Waals surface area (Å²) in [7, 11) is -3.95. The van der Waals surface area contributed by atoms with Gasteiger partial charge in [0.05, 0.1) is 15.5 Å². The van der Waals surface area contributed by atoms with Crippen LogP contribution >= 0.6 is 11.6 Å². The van der Waals surface area contributed by atoms with Gasteiger partial charge in [0.25, 0.3) is 0 Å². The fraction of sp³-hybridized carbons (Fsp3) is 0.417. The van der Waals surface area contributed by atoms with Crippen molar-refractivity contribution in [1.29, 1.82) is 0 Å². The van der Waals surface area contributed by atoms with E-state index in [4.69, 9.17) is 16.7 Å². The van der Waals surface area contributed by atoms with Gasteiger partial charge >= 0.3 is 5.97 Å². The number of hydrogen-bond donors (Lipinski definition) is 2. The molecule has 0 bridgehead atoms. The molecule has 110 valence electrons. The maximum atomic E-state index is 13.5. The number of carbonyl (C=O) groups is 1. The third-order valence-corrected chi connectivity index (χ3v) is 5.15. The standard InChI is InChI=1S/C12H13ClFNO4S/c1-2-6-3-10(6)15-20(18,19)7-4-8(12(16)17)11(13)9(14)5-7/h4-6,10,15H,2-3H2,1H3,(H,16,17). The second-order valence-electron chi connectivity index (χ2n) is 4.70. The van der Waals surface area contributed by atoms with Crippen LogP contribution in [0.15, 0.2) is 17.0 Å². The molecule has 2 unspecified atom stereocenters. The van der Waals surface area contributed by atoms with Crippen molar-refractivity contribution in [1.82, 2.24) is 4.72 Å². The molecule has 0 saturated heterocycles. The van der Waals surface area contributed by atoms with Gasteiger partial charge in [0.15, 0.2) is 0 Å². The minimum absolute atomic E-state index is 0.169. The third kappa shape index (κ3) is 2.94. The molecule has 0 amide bonds. The lowest BCUT2D eigenvalue weighted by atomic mass is 10.2. The summed E-state index contributed by atoms with van der Waals surface area (Å²) < 4.78 is 40.1. The molecule has 1 aliphatic rings. The van der Waals surface area contributed by atoms with Gasteiger partial charge in [-0.15, -0.1) is 0 Å². The van der Waals surface area contributed by atoms with E-state index in [1.54, 1.807) is 0 Å². The van der Waals surface area contributed by atoms with Crippen LogP contribution in [0.4, 0.5) is 4.39 Å². The summed E-state index contributed by atoms with van der Waals surface area (Å²) in [5.74, 6) is -2.28. The number of nitrogens with one attached hydrogen (secondary N) is 1. The number of carboxylic acids is 1. The lowest BCUT2D eigenvalue weighted by Crippen LogP contribution is -2.27. The van der Waals surface area contributed by atoms with E-state index < -0.39 is 37.3 Å². The first kappa shape index (κ1) is 15.2. The van der Waals surface area contributed by atoms with Crippen molar-refractivity contribution in [2.75, 3.05) is 0 Å². The van der Waals surface area contributed by atoms with E-state index in [0.717, 1.165) is 25.0 Å². The lowest BCUT2D eigenvalue weighted by Gasteiger charge is -2.08. The molecule has 8 heteroatoms. The summed E-state index contributed by atoms with van der Waals surface area (Å²) in [6.07, 6.45) is 1.58. The van der Waals surface area contributed by atoms with Crippen molar-refractivity contribution in [3.8, 4) is 0 Å². The molecule has 2 rings (SSSR count). The van der Waals surface area contributed by atoms with E-state index in [-0.39, 0.29) is 12.0 Å². The Morgan fingerprint density at radius 1 is 1.55 bits per heavy atom. The number of rotatable bonds is 5. The maximum absolute atomic E-state index is 13.5. The molecule has 0 radical (unpaired) electrons. The summed E-state index contributed by atoms with van der Waals surface area (Å²) >= 11 is 5.50. The minimum atomic E-state index is -3.95. The van der Waals surface area contributed by atoms with E-state index >= 15 is 0 Å². The Labute approximate surface area is 120 Å². The van der Waals surface area contributed by atoms with Crippen LogP contribution in [0.25, 0.3) is 0 Å². The number of sulfonamides is 1. The summed E-state index contributed by atoms with van der Waals surface area (Å²) in [6, 6.07) is 1.41. The molecule has 2 atom stereocenters. The summed E-state index contributed by atoms with van der Waals surface area (Å²) in [5, 5.41) is 8.29. The smallest absolute Gasteiger partial charge is 0.337 e. The number of benzene rings is 1. The first-order valence-electron chi connectivity index (χ1n) is 6.01. The van der Waals surface area contributed by atoms with Gasteiger partial charge in [-0.05, 0) is 24.5 Å². The van der Waals surface area contributed by atoms with Crippen molar-refractivity contribution in [2.45, 2.75) is 30.7 Å². The third-order valence-electron chi connectivity index (χ3n) is 3.30. The average Bonchev–Trinajstić information content (AvgIpc) is 3.09. The summed E-state index contributed by atoms with van der Waals surface area (Å²) in [6.45, 7) is 1.95. The first-order valence-corrected chi connectivity index (χ1v) is 7.87. The molecular formula is C12H13ClFNO4S. The Kier molecular flexibility index (Phi) is 4.04. The second kappa shape index (κ2) is 5.31. The predicted octanol–water partition coefficient (Wildman–Crippen LogP) is 2.25.